The van der Waals surface area contributed by atoms with Gasteiger partial charge in [-0.3, -0.25) is 9.59 Å². The van der Waals surface area contributed by atoms with Gasteiger partial charge in [-0.25, -0.2) is 4.90 Å². The van der Waals surface area contributed by atoms with Crippen molar-refractivity contribution >= 4 is 46.6 Å². The molecular formula is C17H15ClN2O2S. The Labute approximate surface area is 143 Å². The maximum absolute atomic E-state index is 12.7. The van der Waals surface area contributed by atoms with Gasteiger partial charge in [0.1, 0.15) is 0 Å². The van der Waals surface area contributed by atoms with Crippen LogP contribution in [-0.4, -0.2) is 17.1 Å². The SMILES string of the molecule is Cc1ccc(Cl)cc1N1C(=O)C[C@H](Sc2ccccc2N)C1=O. The number of nitrogens with zero attached hydrogens (tertiary/aromatic N) is 1. The van der Waals surface area contributed by atoms with E-state index in [2.05, 4.69) is 0 Å². The number of rotatable bonds is 3. The van der Waals surface area contributed by atoms with Gasteiger partial charge < -0.3 is 5.73 Å². The molecule has 0 bridgehead atoms. The fraction of sp³-hybridized carbons (Fsp3) is 0.176. The van der Waals surface area contributed by atoms with Crippen molar-refractivity contribution in [3.05, 3.63) is 53.1 Å². The number of imide groups is 1. The third kappa shape index (κ3) is 3.07. The number of carbonyl (C=O) groups excluding carboxylic acids is 2. The summed E-state index contributed by atoms with van der Waals surface area (Å²) in [4.78, 5) is 27.1. The van der Waals surface area contributed by atoms with E-state index in [1.54, 1.807) is 24.3 Å². The summed E-state index contributed by atoms with van der Waals surface area (Å²) in [6.45, 7) is 1.85. The van der Waals surface area contributed by atoms with Gasteiger partial charge in [-0.2, -0.15) is 0 Å². The Morgan fingerprint density at radius 2 is 1.96 bits per heavy atom. The topological polar surface area (TPSA) is 63.4 Å². The average Bonchev–Trinajstić information content (AvgIpc) is 2.79. The van der Waals surface area contributed by atoms with Gasteiger partial charge in [0.15, 0.2) is 0 Å². The number of aryl methyl sites for hydroxylation is 1. The zero-order chi connectivity index (χ0) is 16.6. The lowest BCUT2D eigenvalue weighted by Gasteiger charge is -2.17. The van der Waals surface area contributed by atoms with Crippen molar-refractivity contribution < 1.29 is 9.59 Å². The molecule has 1 heterocycles. The van der Waals surface area contributed by atoms with E-state index in [1.807, 2.05) is 25.1 Å². The fourth-order valence-electron chi connectivity index (χ4n) is 2.51. The highest BCUT2D eigenvalue weighted by Crippen LogP contribution is 2.37. The van der Waals surface area contributed by atoms with Gasteiger partial charge in [0, 0.05) is 22.0 Å². The van der Waals surface area contributed by atoms with Gasteiger partial charge in [-0.1, -0.05) is 29.8 Å². The van der Waals surface area contributed by atoms with Crippen molar-refractivity contribution in [2.75, 3.05) is 10.6 Å². The minimum absolute atomic E-state index is 0.157. The van der Waals surface area contributed by atoms with Crippen LogP contribution in [0.4, 0.5) is 11.4 Å². The molecule has 3 rings (SSSR count). The van der Waals surface area contributed by atoms with E-state index < -0.39 is 5.25 Å². The predicted molar refractivity (Wildman–Crippen MR) is 93.8 cm³/mol. The molecule has 1 atom stereocenters. The lowest BCUT2D eigenvalue weighted by Crippen LogP contribution is -2.31. The van der Waals surface area contributed by atoms with Crippen LogP contribution in [0.2, 0.25) is 5.02 Å². The number of anilines is 2. The fourth-order valence-corrected chi connectivity index (χ4v) is 3.78. The normalized spacial score (nSPS) is 17.8. The summed E-state index contributed by atoms with van der Waals surface area (Å²) in [5.74, 6) is -0.444. The van der Waals surface area contributed by atoms with E-state index >= 15 is 0 Å². The summed E-state index contributed by atoms with van der Waals surface area (Å²) in [5.41, 5.74) is 7.91. The summed E-state index contributed by atoms with van der Waals surface area (Å²) in [6, 6.07) is 12.5. The number of nitrogens with two attached hydrogens (primary N) is 1. The predicted octanol–water partition coefficient (Wildman–Crippen LogP) is 3.65. The smallest absolute Gasteiger partial charge is 0.247 e. The van der Waals surface area contributed by atoms with Gasteiger partial charge in [0.25, 0.3) is 0 Å². The van der Waals surface area contributed by atoms with Crippen molar-refractivity contribution in [2.24, 2.45) is 0 Å². The van der Waals surface area contributed by atoms with Crippen LogP contribution in [0.15, 0.2) is 47.4 Å². The second kappa shape index (κ2) is 6.26. The summed E-state index contributed by atoms with van der Waals surface area (Å²) >= 11 is 7.33. The molecule has 2 N–H and O–H groups in total. The van der Waals surface area contributed by atoms with E-state index in [0.717, 1.165) is 10.5 Å². The number of halogens is 1. The molecule has 1 aliphatic heterocycles. The first-order chi connectivity index (χ1) is 11.0. The Morgan fingerprint density at radius 1 is 1.22 bits per heavy atom. The zero-order valence-electron chi connectivity index (χ0n) is 12.5. The van der Waals surface area contributed by atoms with Crippen LogP contribution < -0.4 is 10.6 Å². The molecular weight excluding hydrogens is 332 g/mol. The van der Waals surface area contributed by atoms with Crippen LogP contribution in [0.1, 0.15) is 12.0 Å². The van der Waals surface area contributed by atoms with E-state index in [0.29, 0.717) is 16.4 Å². The molecule has 0 unspecified atom stereocenters. The number of nitrogen functional groups attached to an aromatic ring is 1. The molecule has 1 fully saturated rings. The number of hydrogen-bond acceptors (Lipinski definition) is 4. The maximum atomic E-state index is 12.7. The first-order valence-corrected chi connectivity index (χ1v) is 8.37. The molecule has 2 amide bonds. The Hall–Kier alpha value is -1.98. The number of hydrogen-bond donors (Lipinski definition) is 1. The number of amides is 2. The van der Waals surface area contributed by atoms with E-state index in [1.165, 1.54) is 16.7 Å². The highest BCUT2D eigenvalue weighted by atomic mass is 35.5. The van der Waals surface area contributed by atoms with E-state index in [-0.39, 0.29) is 18.2 Å². The van der Waals surface area contributed by atoms with Crippen LogP contribution in [0.5, 0.6) is 0 Å². The second-order valence-corrected chi connectivity index (χ2v) is 7.03. The number of para-hydroxylation sites is 1. The standard InChI is InChI=1S/C17H15ClN2O2S/c1-10-6-7-11(18)8-13(10)20-16(21)9-15(17(20)22)23-14-5-3-2-4-12(14)19/h2-8,15H,9,19H2,1H3/t15-/m0/s1. The number of thioether (sulfide) groups is 1. The lowest BCUT2D eigenvalue weighted by molar-refractivity contribution is -0.121. The Morgan fingerprint density at radius 3 is 2.70 bits per heavy atom. The number of carbonyl (C=O) groups is 2. The summed E-state index contributed by atoms with van der Waals surface area (Å²) in [6.07, 6.45) is 0.157. The van der Waals surface area contributed by atoms with Gasteiger partial charge >= 0.3 is 0 Å². The third-order valence-electron chi connectivity index (χ3n) is 3.71. The van der Waals surface area contributed by atoms with Crippen molar-refractivity contribution in [3.8, 4) is 0 Å². The van der Waals surface area contributed by atoms with Crippen LogP contribution in [0.25, 0.3) is 0 Å². The average molecular weight is 347 g/mol. The monoisotopic (exact) mass is 346 g/mol. The lowest BCUT2D eigenvalue weighted by atomic mass is 10.2. The molecule has 2 aromatic carbocycles. The molecule has 23 heavy (non-hydrogen) atoms. The molecule has 0 saturated carbocycles. The molecule has 4 nitrogen and oxygen atoms in total. The summed E-state index contributed by atoms with van der Waals surface area (Å²) in [5, 5.41) is 0.0280. The number of benzene rings is 2. The minimum Gasteiger partial charge on any atom is -0.398 e. The molecule has 6 heteroatoms. The molecule has 118 valence electrons. The highest BCUT2D eigenvalue weighted by Gasteiger charge is 2.40. The van der Waals surface area contributed by atoms with Crippen LogP contribution in [0.3, 0.4) is 0 Å². The molecule has 0 spiro atoms. The van der Waals surface area contributed by atoms with Crippen LogP contribution in [-0.2, 0) is 9.59 Å². The first-order valence-electron chi connectivity index (χ1n) is 7.11. The van der Waals surface area contributed by atoms with Crippen molar-refractivity contribution in [2.45, 2.75) is 23.5 Å². The van der Waals surface area contributed by atoms with Crippen LogP contribution >= 0.6 is 23.4 Å². The van der Waals surface area contributed by atoms with E-state index in [4.69, 9.17) is 17.3 Å². The van der Waals surface area contributed by atoms with Gasteiger partial charge in [0.2, 0.25) is 11.8 Å². The van der Waals surface area contributed by atoms with Gasteiger partial charge in [-0.05, 0) is 36.8 Å². The molecule has 1 saturated heterocycles. The zero-order valence-corrected chi connectivity index (χ0v) is 14.0. The maximum Gasteiger partial charge on any atom is 0.247 e. The molecule has 0 aromatic heterocycles. The molecule has 0 aliphatic carbocycles. The second-order valence-electron chi connectivity index (χ2n) is 5.35. The third-order valence-corrected chi connectivity index (χ3v) is 5.22. The van der Waals surface area contributed by atoms with Crippen molar-refractivity contribution in [1.82, 2.24) is 0 Å². The van der Waals surface area contributed by atoms with Crippen molar-refractivity contribution in [3.63, 3.8) is 0 Å². The van der Waals surface area contributed by atoms with Crippen molar-refractivity contribution in [1.29, 1.82) is 0 Å². The Balaban J connectivity index is 1.88. The molecule has 2 aromatic rings. The Kier molecular flexibility index (Phi) is 4.33. The summed E-state index contributed by atoms with van der Waals surface area (Å²) < 4.78 is 0. The minimum atomic E-state index is -0.467. The quantitative estimate of drug-likeness (QED) is 0.680. The largest absolute Gasteiger partial charge is 0.398 e. The molecule has 1 aliphatic rings. The first kappa shape index (κ1) is 15.9. The van der Waals surface area contributed by atoms with Gasteiger partial charge in [0.05, 0.1) is 10.9 Å². The highest BCUT2D eigenvalue weighted by molar-refractivity contribution is 8.00. The Bertz CT molecular complexity index is 794. The van der Waals surface area contributed by atoms with Gasteiger partial charge in [-0.15, -0.1) is 11.8 Å². The van der Waals surface area contributed by atoms with E-state index in [9.17, 15) is 9.59 Å². The molecule has 0 radical (unpaired) electrons. The summed E-state index contributed by atoms with van der Waals surface area (Å²) in [7, 11) is 0. The van der Waals surface area contributed by atoms with Crippen LogP contribution in [0, 0.1) is 6.92 Å².